The molecule has 1 aliphatic carbocycles. The molecule has 0 aromatic carbocycles. The quantitative estimate of drug-likeness (QED) is 0.630. The first-order valence-corrected chi connectivity index (χ1v) is 4.67. The van der Waals surface area contributed by atoms with Gasteiger partial charge in [-0.15, -0.1) is 0 Å². The van der Waals surface area contributed by atoms with Crippen LogP contribution in [0.1, 0.15) is 25.2 Å². The number of aryl methyl sites for hydroxylation is 1. The first kappa shape index (κ1) is 10.3. The van der Waals surface area contributed by atoms with Crippen LogP contribution in [0.4, 0.5) is 0 Å². The minimum Gasteiger partial charge on any atom is -0.361 e. The number of nitrogens with zero attached hydrogens (tertiary/aromatic N) is 1. The highest BCUT2D eigenvalue weighted by Gasteiger charge is 2.05. The first-order valence-electron chi connectivity index (χ1n) is 4.67. The van der Waals surface area contributed by atoms with Crippen molar-refractivity contribution in [1.29, 1.82) is 0 Å². The molecule has 0 fully saturated rings. The van der Waals surface area contributed by atoms with E-state index < -0.39 is 0 Å². The van der Waals surface area contributed by atoms with Crippen LogP contribution in [-0.4, -0.2) is 5.16 Å². The van der Waals surface area contributed by atoms with Gasteiger partial charge in [-0.1, -0.05) is 30.5 Å². The van der Waals surface area contributed by atoms with Gasteiger partial charge in [0.15, 0.2) is 0 Å². The lowest BCUT2D eigenvalue weighted by Crippen LogP contribution is -1.80. The number of allylic oxidation sites excluding steroid dienone is 4. The lowest BCUT2D eigenvalue weighted by Gasteiger charge is -1.96. The maximum Gasteiger partial charge on any atom is 0.141 e. The fraction of sp³-hybridized carbons (Fsp3) is 0.250. The third-order valence-corrected chi connectivity index (χ3v) is 1.72. The van der Waals surface area contributed by atoms with E-state index in [1.54, 1.807) is 6.20 Å². The fourth-order valence-corrected chi connectivity index (χ4v) is 1.09. The molecule has 72 valence electrons. The van der Waals surface area contributed by atoms with Crippen LogP contribution in [0.3, 0.4) is 0 Å². The highest BCUT2D eigenvalue weighted by molar-refractivity contribution is 5.76. The smallest absolute Gasteiger partial charge is 0.141 e. The molecule has 0 aliphatic heterocycles. The van der Waals surface area contributed by atoms with Crippen LogP contribution in [-0.2, 0) is 0 Å². The number of hydrogen-bond donors (Lipinski definition) is 0. The Hall–Kier alpha value is -1.75. The van der Waals surface area contributed by atoms with E-state index in [-0.39, 0.29) is 0 Å². The van der Waals surface area contributed by atoms with E-state index in [2.05, 4.69) is 16.6 Å². The van der Waals surface area contributed by atoms with Gasteiger partial charge in [0.2, 0.25) is 0 Å². The molecule has 0 saturated heterocycles. The topological polar surface area (TPSA) is 26.0 Å². The van der Waals surface area contributed by atoms with Crippen molar-refractivity contribution in [3.63, 3.8) is 0 Å². The van der Waals surface area contributed by atoms with E-state index in [9.17, 15) is 0 Å². The predicted octanol–water partition coefficient (Wildman–Crippen LogP) is 3.27. The zero-order valence-electron chi connectivity index (χ0n) is 8.66. The highest BCUT2D eigenvalue weighted by atomic mass is 16.5. The molecule has 0 spiro atoms. The molecule has 2 nitrogen and oxygen atoms in total. The van der Waals surface area contributed by atoms with Crippen LogP contribution < -0.4 is 0 Å². The standard InChI is InChI=1S/C10H7NO.C2H6/c1-8-10(7-11-12-8)9-5-3-2-4-6-9;1-2/h3,5-7H,1H3;1-2H3. The van der Waals surface area contributed by atoms with Gasteiger partial charge in [0, 0.05) is 5.56 Å². The zero-order chi connectivity index (χ0) is 10.4. The van der Waals surface area contributed by atoms with Crippen molar-refractivity contribution in [2.24, 2.45) is 0 Å². The predicted molar refractivity (Wildman–Crippen MR) is 56.7 cm³/mol. The van der Waals surface area contributed by atoms with E-state index in [1.165, 1.54) is 0 Å². The van der Waals surface area contributed by atoms with Gasteiger partial charge < -0.3 is 4.52 Å². The maximum absolute atomic E-state index is 4.94. The summed E-state index contributed by atoms with van der Waals surface area (Å²) >= 11 is 0. The van der Waals surface area contributed by atoms with E-state index >= 15 is 0 Å². The van der Waals surface area contributed by atoms with Crippen LogP contribution in [0.15, 0.2) is 40.4 Å². The molecule has 0 unspecified atom stereocenters. The van der Waals surface area contributed by atoms with Crippen LogP contribution in [0.5, 0.6) is 0 Å². The Balaban J connectivity index is 0.000000461. The summed E-state index contributed by atoms with van der Waals surface area (Å²) in [6.45, 7) is 5.89. The van der Waals surface area contributed by atoms with Crippen LogP contribution in [0, 0.1) is 6.92 Å². The lowest BCUT2D eigenvalue weighted by molar-refractivity contribution is 0.397. The fourth-order valence-electron chi connectivity index (χ4n) is 1.09. The normalized spacial score (nSPS) is 12.1. The molecule has 2 heteroatoms. The van der Waals surface area contributed by atoms with Gasteiger partial charge in [-0.3, -0.25) is 0 Å². The molecule has 14 heavy (non-hydrogen) atoms. The van der Waals surface area contributed by atoms with Gasteiger partial charge in [0.25, 0.3) is 0 Å². The molecule has 2 rings (SSSR count). The summed E-state index contributed by atoms with van der Waals surface area (Å²) in [5, 5.41) is 3.70. The maximum atomic E-state index is 4.94. The summed E-state index contributed by atoms with van der Waals surface area (Å²) in [7, 11) is 0. The molecule has 1 aliphatic rings. The third kappa shape index (κ3) is 2.14. The van der Waals surface area contributed by atoms with E-state index in [4.69, 9.17) is 4.52 Å². The molecular weight excluding hydrogens is 174 g/mol. The van der Waals surface area contributed by atoms with Crippen molar-refractivity contribution < 1.29 is 4.52 Å². The molecule has 0 bridgehead atoms. The van der Waals surface area contributed by atoms with E-state index in [1.807, 2.05) is 39.0 Å². The molecule has 0 N–H and O–H groups in total. The molecular formula is C12H13NO. The van der Waals surface area contributed by atoms with Gasteiger partial charge in [0.05, 0.1) is 6.20 Å². The molecule has 1 aromatic heterocycles. The van der Waals surface area contributed by atoms with Crippen molar-refractivity contribution in [1.82, 2.24) is 5.16 Å². The second-order valence-corrected chi connectivity index (χ2v) is 2.52. The van der Waals surface area contributed by atoms with E-state index in [0.717, 1.165) is 16.9 Å². The molecule has 1 heterocycles. The Morgan fingerprint density at radius 1 is 1.29 bits per heavy atom. The number of hydrogen-bond acceptors (Lipinski definition) is 2. The Kier molecular flexibility index (Phi) is 3.75. The first-order chi connectivity index (χ1) is 6.88. The van der Waals surface area contributed by atoms with Crippen molar-refractivity contribution in [2.75, 3.05) is 0 Å². The molecule has 0 amide bonds. The van der Waals surface area contributed by atoms with Crippen LogP contribution >= 0.6 is 0 Å². The molecule has 0 saturated carbocycles. The van der Waals surface area contributed by atoms with Crippen molar-refractivity contribution in [2.45, 2.75) is 20.8 Å². The highest BCUT2D eigenvalue weighted by Crippen LogP contribution is 2.19. The monoisotopic (exact) mass is 187 g/mol. The van der Waals surface area contributed by atoms with Gasteiger partial charge >= 0.3 is 0 Å². The summed E-state index contributed by atoms with van der Waals surface area (Å²) in [5.41, 5.74) is 7.80. The number of aromatic nitrogens is 1. The summed E-state index contributed by atoms with van der Waals surface area (Å²) in [6.07, 6.45) is 7.34. The minimum absolute atomic E-state index is 0.828. The van der Waals surface area contributed by atoms with E-state index in [0.29, 0.717) is 0 Å². The second-order valence-electron chi connectivity index (χ2n) is 2.52. The third-order valence-electron chi connectivity index (χ3n) is 1.72. The van der Waals surface area contributed by atoms with Crippen LogP contribution in [0.2, 0.25) is 0 Å². The van der Waals surface area contributed by atoms with Crippen molar-refractivity contribution in [3.05, 3.63) is 47.2 Å². The molecule has 0 radical (unpaired) electrons. The Bertz CT molecular complexity index is 425. The summed E-state index contributed by atoms with van der Waals surface area (Å²) in [6, 6.07) is 0. The van der Waals surface area contributed by atoms with Crippen molar-refractivity contribution in [3.8, 4) is 0 Å². The Labute approximate surface area is 83.9 Å². The summed E-state index contributed by atoms with van der Waals surface area (Å²) < 4.78 is 4.94. The average molecular weight is 187 g/mol. The van der Waals surface area contributed by atoms with Gasteiger partial charge in [-0.25, -0.2) is 0 Å². The lowest BCUT2D eigenvalue weighted by atomic mass is 10.1. The summed E-state index contributed by atoms with van der Waals surface area (Å²) in [4.78, 5) is 0. The molecule has 1 aromatic rings. The SMILES string of the molecule is CC.Cc1oncc1C1=CC=C=C=C1. The van der Waals surface area contributed by atoms with Gasteiger partial charge in [-0.2, -0.15) is 0 Å². The Morgan fingerprint density at radius 2 is 2.07 bits per heavy atom. The van der Waals surface area contributed by atoms with Crippen molar-refractivity contribution >= 4 is 5.57 Å². The molecule has 0 atom stereocenters. The van der Waals surface area contributed by atoms with Gasteiger partial charge in [-0.05, 0) is 30.7 Å². The minimum atomic E-state index is 0.828. The Morgan fingerprint density at radius 3 is 2.57 bits per heavy atom. The zero-order valence-corrected chi connectivity index (χ0v) is 8.66. The van der Waals surface area contributed by atoms with Crippen LogP contribution in [0.25, 0.3) is 5.57 Å². The van der Waals surface area contributed by atoms with Gasteiger partial charge in [0.1, 0.15) is 5.76 Å². The number of rotatable bonds is 1. The average Bonchev–Trinajstić information content (AvgIpc) is 2.69. The largest absolute Gasteiger partial charge is 0.361 e. The second kappa shape index (κ2) is 5.08. The summed E-state index contributed by atoms with van der Waals surface area (Å²) in [5.74, 6) is 0.828.